The molecule has 0 bridgehead atoms. The molecule has 0 unspecified atom stereocenters. The second kappa shape index (κ2) is 7.08. The van der Waals surface area contributed by atoms with Crippen molar-refractivity contribution in [1.82, 2.24) is 9.97 Å². The zero-order valence-electron chi connectivity index (χ0n) is 14.0. The van der Waals surface area contributed by atoms with Crippen LogP contribution in [0.2, 0.25) is 0 Å². The molecule has 0 saturated carbocycles. The first-order valence-corrected chi connectivity index (χ1v) is 9.68. The molecule has 0 aliphatic heterocycles. The monoisotopic (exact) mass is 333 g/mol. The molecule has 0 amide bonds. The Balaban J connectivity index is 2.09. The molecule has 0 aliphatic rings. The summed E-state index contributed by atoms with van der Waals surface area (Å²) in [7, 11) is -2.93. The molecule has 1 N–H and O–H groups in total. The van der Waals surface area contributed by atoms with Crippen molar-refractivity contribution in [2.45, 2.75) is 33.1 Å². The van der Waals surface area contributed by atoms with Crippen LogP contribution in [0.15, 0.2) is 30.3 Å². The Bertz CT molecular complexity index is 769. The van der Waals surface area contributed by atoms with Crippen molar-refractivity contribution in [3.05, 3.63) is 47.4 Å². The van der Waals surface area contributed by atoms with E-state index in [9.17, 15) is 8.42 Å². The van der Waals surface area contributed by atoms with Gasteiger partial charge in [0.2, 0.25) is 0 Å². The van der Waals surface area contributed by atoms with E-state index in [0.717, 1.165) is 28.6 Å². The van der Waals surface area contributed by atoms with Gasteiger partial charge in [0.05, 0.1) is 5.75 Å². The van der Waals surface area contributed by atoms with E-state index in [-0.39, 0.29) is 11.7 Å². The summed E-state index contributed by atoms with van der Waals surface area (Å²) >= 11 is 0. The lowest BCUT2D eigenvalue weighted by molar-refractivity contribution is 0.601. The number of benzene rings is 1. The minimum absolute atomic E-state index is 0.169. The summed E-state index contributed by atoms with van der Waals surface area (Å²) in [6, 6.07) is 9.65. The molecular weight excluding hydrogens is 310 g/mol. The van der Waals surface area contributed by atoms with E-state index >= 15 is 0 Å². The van der Waals surface area contributed by atoms with Crippen LogP contribution in [0, 0.1) is 6.92 Å². The molecule has 124 valence electrons. The Labute approximate surface area is 138 Å². The van der Waals surface area contributed by atoms with Crippen LogP contribution in [-0.4, -0.2) is 30.4 Å². The van der Waals surface area contributed by atoms with Gasteiger partial charge in [-0.2, -0.15) is 0 Å². The lowest BCUT2D eigenvalue weighted by atomic mass is 10.1. The lowest BCUT2D eigenvalue weighted by Gasteiger charge is -2.11. The normalized spacial score (nSPS) is 11.7. The molecule has 0 atom stereocenters. The summed E-state index contributed by atoms with van der Waals surface area (Å²) in [5, 5.41) is 3.27. The Kier molecular flexibility index (Phi) is 5.36. The lowest BCUT2D eigenvalue weighted by Crippen LogP contribution is -2.06. The molecule has 1 aromatic heterocycles. The standard InChI is InChI=1S/C17H23N3O2S/c1-12(2)17-18-13(3)11-16(20-17)19-15-7-5-14(6-8-15)9-10-23(4,21)22/h5-8,11-12H,9-10H2,1-4H3,(H,18,19,20). The number of rotatable bonds is 6. The fraction of sp³-hybridized carbons (Fsp3) is 0.412. The largest absolute Gasteiger partial charge is 0.340 e. The summed E-state index contributed by atoms with van der Waals surface area (Å²) < 4.78 is 22.4. The van der Waals surface area contributed by atoms with Crippen molar-refractivity contribution in [3.63, 3.8) is 0 Å². The van der Waals surface area contributed by atoms with Gasteiger partial charge in [-0.05, 0) is 31.0 Å². The molecule has 5 nitrogen and oxygen atoms in total. The van der Waals surface area contributed by atoms with E-state index < -0.39 is 9.84 Å². The number of aromatic nitrogens is 2. The quantitative estimate of drug-likeness (QED) is 0.878. The maximum Gasteiger partial charge on any atom is 0.147 e. The maximum atomic E-state index is 11.2. The summed E-state index contributed by atoms with van der Waals surface area (Å²) in [6.45, 7) is 6.08. The van der Waals surface area contributed by atoms with Gasteiger partial charge in [-0.1, -0.05) is 26.0 Å². The van der Waals surface area contributed by atoms with Gasteiger partial charge in [0.1, 0.15) is 21.5 Å². The molecule has 1 heterocycles. The van der Waals surface area contributed by atoms with E-state index in [1.807, 2.05) is 37.3 Å². The second-order valence-corrected chi connectivity index (χ2v) is 8.37. The molecule has 2 rings (SSSR count). The number of anilines is 2. The summed E-state index contributed by atoms with van der Waals surface area (Å²) in [5.41, 5.74) is 2.85. The van der Waals surface area contributed by atoms with Crippen LogP contribution in [0.1, 0.15) is 36.8 Å². The van der Waals surface area contributed by atoms with Gasteiger partial charge in [0, 0.05) is 29.6 Å². The first kappa shape index (κ1) is 17.4. The molecule has 6 heteroatoms. The van der Waals surface area contributed by atoms with Crippen LogP contribution in [0.4, 0.5) is 11.5 Å². The third kappa shape index (κ3) is 5.63. The predicted octanol–water partition coefficient (Wildman–Crippen LogP) is 3.24. The van der Waals surface area contributed by atoms with Gasteiger partial charge in [0.25, 0.3) is 0 Å². The predicted molar refractivity (Wildman–Crippen MR) is 94.0 cm³/mol. The highest BCUT2D eigenvalue weighted by atomic mass is 32.2. The first-order chi connectivity index (χ1) is 10.7. The molecule has 23 heavy (non-hydrogen) atoms. The number of hydrogen-bond donors (Lipinski definition) is 1. The van der Waals surface area contributed by atoms with Gasteiger partial charge in [0.15, 0.2) is 0 Å². The zero-order chi connectivity index (χ0) is 17.0. The topological polar surface area (TPSA) is 72.0 Å². The van der Waals surface area contributed by atoms with Gasteiger partial charge >= 0.3 is 0 Å². The Hall–Kier alpha value is -1.95. The van der Waals surface area contributed by atoms with Crippen LogP contribution in [0.5, 0.6) is 0 Å². The summed E-state index contributed by atoms with van der Waals surface area (Å²) in [4.78, 5) is 8.95. The first-order valence-electron chi connectivity index (χ1n) is 7.62. The van der Waals surface area contributed by atoms with Gasteiger partial charge in [-0.3, -0.25) is 0 Å². The third-order valence-electron chi connectivity index (χ3n) is 3.38. The van der Waals surface area contributed by atoms with Gasteiger partial charge < -0.3 is 5.32 Å². The van der Waals surface area contributed by atoms with E-state index in [2.05, 4.69) is 29.1 Å². The third-order valence-corrected chi connectivity index (χ3v) is 4.32. The second-order valence-electron chi connectivity index (χ2n) is 6.11. The van der Waals surface area contributed by atoms with Crippen molar-refractivity contribution in [1.29, 1.82) is 0 Å². The molecular formula is C17H23N3O2S. The van der Waals surface area contributed by atoms with Crippen molar-refractivity contribution >= 4 is 21.3 Å². The van der Waals surface area contributed by atoms with E-state index in [1.54, 1.807) is 0 Å². The SMILES string of the molecule is Cc1cc(Nc2ccc(CCS(C)(=O)=O)cc2)nc(C(C)C)n1. The highest BCUT2D eigenvalue weighted by Crippen LogP contribution is 2.19. The van der Waals surface area contributed by atoms with Gasteiger partial charge in [-0.15, -0.1) is 0 Å². The van der Waals surface area contributed by atoms with E-state index in [4.69, 9.17) is 0 Å². The maximum absolute atomic E-state index is 11.2. The number of nitrogens with zero attached hydrogens (tertiary/aromatic N) is 2. The minimum atomic E-state index is -2.93. The van der Waals surface area contributed by atoms with Crippen LogP contribution < -0.4 is 5.32 Å². The minimum Gasteiger partial charge on any atom is -0.340 e. The fourth-order valence-electron chi connectivity index (χ4n) is 2.12. The number of nitrogens with one attached hydrogen (secondary N) is 1. The molecule has 0 saturated heterocycles. The van der Waals surface area contributed by atoms with Crippen molar-refractivity contribution in [2.24, 2.45) is 0 Å². The Morgan fingerprint density at radius 2 is 1.78 bits per heavy atom. The zero-order valence-corrected chi connectivity index (χ0v) is 14.8. The molecule has 0 fully saturated rings. The Morgan fingerprint density at radius 3 is 2.35 bits per heavy atom. The number of aryl methyl sites for hydroxylation is 2. The Morgan fingerprint density at radius 1 is 1.13 bits per heavy atom. The van der Waals surface area contributed by atoms with Crippen LogP contribution in [0.3, 0.4) is 0 Å². The van der Waals surface area contributed by atoms with Gasteiger partial charge in [-0.25, -0.2) is 18.4 Å². The molecule has 0 aliphatic carbocycles. The molecule has 0 spiro atoms. The molecule has 2 aromatic rings. The highest BCUT2D eigenvalue weighted by Gasteiger charge is 2.07. The smallest absolute Gasteiger partial charge is 0.147 e. The van der Waals surface area contributed by atoms with Crippen LogP contribution in [0.25, 0.3) is 0 Å². The number of hydrogen-bond acceptors (Lipinski definition) is 5. The van der Waals surface area contributed by atoms with E-state index in [1.165, 1.54) is 6.26 Å². The average Bonchev–Trinajstić information content (AvgIpc) is 2.45. The average molecular weight is 333 g/mol. The summed E-state index contributed by atoms with van der Waals surface area (Å²) in [6.07, 6.45) is 1.79. The summed E-state index contributed by atoms with van der Waals surface area (Å²) in [5.74, 6) is 2.03. The fourth-order valence-corrected chi connectivity index (χ4v) is 2.73. The van der Waals surface area contributed by atoms with Crippen molar-refractivity contribution in [2.75, 3.05) is 17.3 Å². The van der Waals surface area contributed by atoms with Crippen molar-refractivity contribution < 1.29 is 8.42 Å². The van der Waals surface area contributed by atoms with Crippen molar-refractivity contribution in [3.8, 4) is 0 Å². The molecule has 1 aromatic carbocycles. The highest BCUT2D eigenvalue weighted by molar-refractivity contribution is 7.90. The molecule has 0 radical (unpaired) electrons. The van der Waals surface area contributed by atoms with Crippen LogP contribution >= 0.6 is 0 Å². The number of sulfone groups is 1. The van der Waals surface area contributed by atoms with Crippen LogP contribution in [-0.2, 0) is 16.3 Å². The van der Waals surface area contributed by atoms with E-state index in [0.29, 0.717) is 6.42 Å².